The van der Waals surface area contributed by atoms with Crippen molar-refractivity contribution in [2.45, 2.75) is 26.0 Å². The number of hydrogen-bond acceptors (Lipinski definition) is 4. The molecule has 1 N–H and O–H groups in total. The van der Waals surface area contributed by atoms with Crippen molar-refractivity contribution in [1.82, 2.24) is 5.32 Å². The summed E-state index contributed by atoms with van der Waals surface area (Å²) in [7, 11) is 0. The Labute approximate surface area is 189 Å². The van der Waals surface area contributed by atoms with E-state index in [2.05, 4.69) is 10.2 Å². The van der Waals surface area contributed by atoms with Crippen molar-refractivity contribution in [2.75, 3.05) is 18.0 Å². The van der Waals surface area contributed by atoms with Crippen molar-refractivity contribution in [3.05, 3.63) is 95.6 Å². The fraction of sp³-hybridized carbons (Fsp3) is 0.259. The van der Waals surface area contributed by atoms with E-state index in [9.17, 15) is 9.59 Å². The third kappa shape index (κ3) is 5.55. The van der Waals surface area contributed by atoms with Gasteiger partial charge in [-0.15, -0.1) is 0 Å². The predicted molar refractivity (Wildman–Crippen MR) is 126 cm³/mol. The molecule has 4 rings (SSSR count). The zero-order valence-electron chi connectivity index (χ0n) is 18.1. The monoisotopic (exact) mass is 428 g/mol. The molecule has 0 bridgehead atoms. The van der Waals surface area contributed by atoms with Crippen LogP contribution in [0.2, 0.25) is 0 Å². The van der Waals surface area contributed by atoms with Crippen molar-refractivity contribution in [3.8, 4) is 5.75 Å². The highest BCUT2D eigenvalue weighted by molar-refractivity contribution is 5.79. The van der Waals surface area contributed by atoms with Gasteiger partial charge < -0.3 is 15.0 Å². The van der Waals surface area contributed by atoms with Gasteiger partial charge in [0.25, 0.3) is 0 Å². The Morgan fingerprint density at radius 3 is 2.34 bits per heavy atom. The molecule has 1 fully saturated rings. The van der Waals surface area contributed by atoms with Crippen LogP contribution in [0.5, 0.6) is 5.75 Å². The van der Waals surface area contributed by atoms with Crippen LogP contribution < -0.4 is 15.0 Å². The number of rotatable bonds is 8. The Kier molecular flexibility index (Phi) is 7.18. The van der Waals surface area contributed by atoms with Crippen LogP contribution in [0.25, 0.3) is 0 Å². The standard InChI is InChI=1S/C27H28N2O3/c30-19-21-10-12-25(13-11-21)29-16-14-23(15-17-29)27(31)28-18-24-8-4-5-9-26(24)32-20-22-6-2-1-3-7-22/h1-13,19,23H,14-18,20H2,(H,28,31). The second-order valence-electron chi connectivity index (χ2n) is 8.07. The van der Waals surface area contributed by atoms with E-state index in [0.29, 0.717) is 18.7 Å². The molecule has 1 saturated heterocycles. The lowest BCUT2D eigenvalue weighted by Crippen LogP contribution is -2.40. The maximum Gasteiger partial charge on any atom is 0.223 e. The van der Waals surface area contributed by atoms with Crippen LogP contribution in [0.15, 0.2) is 78.9 Å². The van der Waals surface area contributed by atoms with Gasteiger partial charge in [0.2, 0.25) is 5.91 Å². The minimum Gasteiger partial charge on any atom is -0.489 e. The number of ether oxygens (including phenoxy) is 1. The number of carbonyl (C=O) groups excluding carboxylic acids is 2. The zero-order valence-corrected chi connectivity index (χ0v) is 18.1. The number of hydrogen-bond donors (Lipinski definition) is 1. The number of aldehydes is 1. The highest BCUT2D eigenvalue weighted by Gasteiger charge is 2.25. The summed E-state index contributed by atoms with van der Waals surface area (Å²) in [6, 6.07) is 25.5. The van der Waals surface area contributed by atoms with Crippen molar-refractivity contribution >= 4 is 17.9 Å². The van der Waals surface area contributed by atoms with Gasteiger partial charge in [0.15, 0.2) is 0 Å². The number of carbonyl (C=O) groups is 2. The first kappa shape index (κ1) is 21.6. The Morgan fingerprint density at radius 1 is 0.938 bits per heavy atom. The van der Waals surface area contributed by atoms with Crippen molar-refractivity contribution in [1.29, 1.82) is 0 Å². The molecule has 5 heteroatoms. The largest absolute Gasteiger partial charge is 0.489 e. The van der Waals surface area contributed by atoms with E-state index < -0.39 is 0 Å². The highest BCUT2D eigenvalue weighted by atomic mass is 16.5. The summed E-state index contributed by atoms with van der Waals surface area (Å²) >= 11 is 0. The maximum absolute atomic E-state index is 12.8. The molecular weight excluding hydrogens is 400 g/mol. The number of piperidine rings is 1. The number of para-hydroxylation sites is 1. The van der Waals surface area contributed by atoms with E-state index in [1.54, 1.807) is 0 Å². The maximum atomic E-state index is 12.8. The number of benzene rings is 3. The fourth-order valence-corrected chi connectivity index (χ4v) is 4.02. The van der Waals surface area contributed by atoms with Crippen molar-refractivity contribution in [3.63, 3.8) is 0 Å². The summed E-state index contributed by atoms with van der Waals surface area (Å²) in [4.78, 5) is 25.9. The molecule has 1 amide bonds. The van der Waals surface area contributed by atoms with Gasteiger partial charge in [0, 0.05) is 42.4 Å². The lowest BCUT2D eigenvalue weighted by atomic mass is 9.95. The Hall–Kier alpha value is -3.60. The second kappa shape index (κ2) is 10.6. The summed E-state index contributed by atoms with van der Waals surface area (Å²) in [5.74, 6) is 0.905. The molecule has 0 radical (unpaired) electrons. The minimum absolute atomic E-state index is 0.0119. The molecule has 3 aromatic rings. The van der Waals surface area contributed by atoms with E-state index in [0.717, 1.165) is 54.8 Å². The van der Waals surface area contributed by atoms with Crippen LogP contribution in [-0.4, -0.2) is 25.3 Å². The molecule has 32 heavy (non-hydrogen) atoms. The van der Waals surface area contributed by atoms with E-state index in [4.69, 9.17) is 4.74 Å². The molecule has 0 spiro atoms. The first-order valence-electron chi connectivity index (χ1n) is 11.1. The van der Waals surface area contributed by atoms with Crippen LogP contribution in [0.4, 0.5) is 5.69 Å². The van der Waals surface area contributed by atoms with Crippen LogP contribution >= 0.6 is 0 Å². The molecule has 0 aromatic heterocycles. The Bertz CT molecular complexity index is 1030. The van der Waals surface area contributed by atoms with Gasteiger partial charge in [-0.05, 0) is 48.7 Å². The van der Waals surface area contributed by atoms with E-state index in [1.165, 1.54) is 0 Å². The summed E-state index contributed by atoms with van der Waals surface area (Å²) in [6.45, 7) is 2.61. The normalized spacial score (nSPS) is 14.1. The first-order valence-corrected chi connectivity index (χ1v) is 11.1. The molecule has 1 heterocycles. The number of amides is 1. The molecule has 3 aromatic carbocycles. The van der Waals surface area contributed by atoms with Gasteiger partial charge in [-0.1, -0.05) is 48.5 Å². The molecule has 1 aliphatic rings. The molecule has 0 saturated carbocycles. The van der Waals surface area contributed by atoms with Crippen LogP contribution in [0, 0.1) is 5.92 Å². The predicted octanol–water partition coefficient (Wildman–Crippen LogP) is 4.61. The van der Waals surface area contributed by atoms with Crippen LogP contribution in [-0.2, 0) is 17.9 Å². The topological polar surface area (TPSA) is 58.6 Å². The zero-order chi connectivity index (χ0) is 22.2. The number of anilines is 1. The average molecular weight is 429 g/mol. The van der Waals surface area contributed by atoms with Crippen LogP contribution in [0.3, 0.4) is 0 Å². The van der Waals surface area contributed by atoms with E-state index in [1.807, 2.05) is 78.9 Å². The molecule has 164 valence electrons. The average Bonchev–Trinajstić information content (AvgIpc) is 2.87. The molecule has 5 nitrogen and oxygen atoms in total. The highest BCUT2D eigenvalue weighted by Crippen LogP contribution is 2.24. The summed E-state index contributed by atoms with van der Waals surface area (Å²) in [5.41, 5.74) is 3.86. The van der Waals surface area contributed by atoms with Gasteiger partial charge in [-0.3, -0.25) is 9.59 Å². The third-order valence-electron chi connectivity index (χ3n) is 5.92. The molecule has 1 aliphatic heterocycles. The van der Waals surface area contributed by atoms with Crippen LogP contribution in [0.1, 0.15) is 34.3 Å². The fourth-order valence-electron chi connectivity index (χ4n) is 4.02. The van der Waals surface area contributed by atoms with Gasteiger partial charge in [0.05, 0.1) is 0 Å². The SMILES string of the molecule is O=Cc1ccc(N2CCC(C(=O)NCc3ccccc3OCc3ccccc3)CC2)cc1. The van der Waals surface area contributed by atoms with Gasteiger partial charge in [0.1, 0.15) is 18.6 Å². The van der Waals surface area contributed by atoms with Gasteiger partial charge in [-0.2, -0.15) is 0 Å². The first-order chi connectivity index (χ1) is 15.7. The number of nitrogens with zero attached hydrogens (tertiary/aromatic N) is 1. The molecule has 0 atom stereocenters. The minimum atomic E-state index is 0.0119. The smallest absolute Gasteiger partial charge is 0.223 e. The molecule has 0 aliphatic carbocycles. The Balaban J connectivity index is 1.27. The quantitative estimate of drug-likeness (QED) is 0.532. The van der Waals surface area contributed by atoms with E-state index in [-0.39, 0.29) is 11.8 Å². The van der Waals surface area contributed by atoms with E-state index >= 15 is 0 Å². The second-order valence-corrected chi connectivity index (χ2v) is 8.07. The van der Waals surface area contributed by atoms with Crippen molar-refractivity contribution in [2.24, 2.45) is 5.92 Å². The lowest BCUT2D eigenvalue weighted by Gasteiger charge is -2.33. The Morgan fingerprint density at radius 2 is 1.62 bits per heavy atom. The van der Waals surface area contributed by atoms with Gasteiger partial charge in [-0.25, -0.2) is 0 Å². The lowest BCUT2D eigenvalue weighted by molar-refractivity contribution is -0.125. The summed E-state index contributed by atoms with van der Waals surface area (Å²) in [5, 5.41) is 3.10. The number of nitrogens with one attached hydrogen (secondary N) is 1. The summed E-state index contributed by atoms with van der Waals surface area (Å²) in [6.07, 6.45) is 2.48. The van der Waals surface area contributed by atoms with Gasteiger partial charge >= 0.3 is 0 Å². The molecular formula is C27H28N2O3. The van der Waals surface area contributed by atoms with Crippen molar-refractivity contribution < 1.29 is 14.3 Å². The molecule has 0 unspecified atom stereocenters. The summed E-state index contributed by atoms with van der Waals surface area (Å²) < 4.78 is 6.00. The third-order valence-corrected chi connectivity index (χ3v) is 5.92.